The first-order valence-corrected chi connectivity index (χ1v) is 9.57. The van der Waals surface area contributed by atoms with Crippen LogP contribution in [-0.2, 0) is 9.63 Å². The number of hydroxylamine groups is 1. The minimum Gasteiger partial charge on any atom is -0.481 e. The molecule has 1 aliphatic heterocycles. The third-order valence-corrected chi connectivity index (χ3v) is 4.88. The van der Waals surface area contributed by atoms with Gasteiger partial charge in [-0.3, -0.25) is 15.1 Å². The third kappa shape index (κ3) is 6.37. The highest BCUT2D eigenvalue weighted by atomic mass is 19.1. The predicted octanol–water partition coefficient (Wildman–Crippen LogP) is 3.78. The molecule has 0 unspecified atom stereocenters. The summed E-state index contributed by atoms with van der Waals surface area (Å²) in [6.45, 7) is 2.33. The molecule has 154 valence electrons. The Labute approximate surface area is 168 Å². The minimum absolute atomic E-state index is 0.323. The van der Waals surface area contributed by atoms with Crippen molar-refractivity contribution in [3.63, 3.8) is 0 Å². The molecule has 1 aliphatic rings. The van der Waals surface area contributed by atoms with Crippen LogP contribution in [0.3, 0.4) is 0 Å². The number of carboxylic acid groups (broad SMARTS) is 1. The molecule has 5 nitrogen and oxygen atoms in total. The SMILES string of the molecule is O=C(O)[C@@H]1CCCN(CCONC(=Cc2ccc(F)cc2)c2ccc(F)cc2)C1. The largest absolute Gasteiger partial charge is 0.481 e. The molecule has 1 atom stereocenters. The molecule has 7 heteroatoms. The molecule has 0 bridgehead atoms. The third-order valence-electron chi connectivity index (χ3n) is 4.88. The molecule has 0 aromatic heterocycles. The lowest BCUT2D eigenvalue weighted by Gasteiger charge is -2.30. The Kier molecular flexibility index (Phi) is 7.32. The highest BCUT2D eigenvalue weighted by Crippen LogP contribution is 2.18. The van der Waals surface area contributed by atoms with Crippen molar-refractivity contribution < 1.29 is 23.5 Å². The molecule has 2 N–H and O–H groups in total. The number of aliphatic carboxylic acids is 1. The van der Waals surface area contributed by atoms with E-state index in [4.69, 9.17) is 4.84 Å². The molecule has 1 fully saturated rings. The highest BCUT2D eigenvalue weighted by molar-refractivity contribution is 5.79. The van der Waals surface area contributed by atoms with Crippen molar-refractivity contribution in [3.8, 4) is 0 Å². The molecular formula is C22H24F2N2O3. The summed E-state index contributed by atoms with van der Waals surface area (Å²) in [5.41, 5.74) is 4.99. The lowest BCUT2D eigenvalue weighted by molar-refractivity contribution is -0.143. The van der Waals surface area contributed by atoms with Crippen LogP contribution in [0.2, 0.25) is 0 Å². The molecule has 0 amide bonds. The zero-order chi connectivity index (χ0) is 20.6. The first-order chi connectivity index (χ1) is 14.0. The molecule has 1 heterocycles. The number of hydrogen-bond donors (Lipinski definition) is 2. The van der Waals surface area contributed by atoms with Crippen LogP contribution in [-0.4, -0.2) is 42.2 Å². The Morgan fingerprint density at radius 2 is 1.79 bits per heavy atom. The van der Waals surface area contributed by atoms with E-state index in [2.05, 4.69) is 10.4 Å². The fourth-order valence-electron chi connectivity index (χ4n) is 3.29. The van der Waals surface area contributed by atoms with Crippen LogP contribution >= 0.6 is 0 Å². The van der Waals surface area contributed by atoms with Gasteiger partial charge >= 0.3 is 5.97 Å². The first-order valence-electron chi connectivity index (χ1n) is 9.57. The molecule has 2 aromatic carbocycles. The number of likely N-dealkylation sites (tertiary alicyclic amines) is 1. The van der Waals surface area contributed by atoms with Crippen LogP contribution in [0.4, 0.5) is 8.78 Å². The number of halogens is 2. The van der Waals surface area contributed by atoms with Crippen molar-refractivity contribution in [1.82, 2.24) is 10.4 Å². The normalized spacial score (nSPS) is 17.9. The van der Waals surface area contributed by atoms with Gasteiger partial charge in [-0.25, -0.2) is 8.78 Å². The van der Waals surface area contributed by atoms with Gasteiger partial charge in [-0.2, -0.15) is 0 Å². The van der Waals surface area contributed by atoms with Gasteiger partial charge in [0.15, 0.2) is 0 Å². The van der Waals surface area contributed by atoms with Crippen molar-refractivity contribution in [2.75, 3.05) is 26.2 Å². The quantitative estimate of drug-likeness (QED) is 0.400. The van der Waals surface area contributed by atoms with E-state index in [0.29, 0.717) is 31.8 Å². The Morgan fingerprint density at radius 3 is 2.45 bits per heavy atom. The van der Waals surface area contributed by atoms with Crippen molar-refractivity contribution in [1.29, 1.82) is 0 Å². The molecule has 1 saturated heterocycles. The van der Waals surface area contributed by atoms with Crippen molar-refractivity contribution in [3.05, 3.63) is 71.3 Å². The summed E-state index contributed by atoms with van der Waals surface area (Å²) < 4.78 is 26.4. The summed E-state index contributed by atoms with van der Waals surface area (Å²) in [6, 6.07) is 12.0. The number of benzene rings is 2. The average Bonchev–Trinajstić information content (AvgIpc) is 2.72. The summed E-state index contributed by atoms with van der Waals surface area (Å²) in [5.74, 6) is -1.75. The van der Waals surface area contributed by atoms with Gasteiger partial charge in [0, 0.05) is 18.7 Å². The van der Waals surface area contributed by atoms with Crippen molar-refractivity contribution in [2.24, 2.45) is 5.92 Å². The second-order valence-corrected chi connectivity index (χ2v) is 7.04. The van der Waals surface area contributed by atoms with Gasteiger partial charge in [0.1, 0.15) is 11.6 Å². The monoisotopic (exact) mass is 402 g/mol. The highest BCUT2D eigenvalue weighted by Gasteiger charge is 2.24. The van der Waals surface area contributed by atoms with Crippen LogP contribution in [0.1, 0.15) is 24.0 Å². The predicted molar refractivity (Wildman–Crippen MR) is 107 cm³/mol. The van der Waals surface area contributed by atoms with Crippen LogP contribution in [0.25, 0.3) is 11.8 Å². The maximum Gasteiger partial charge on any atom is 0.307 e. The Morgan fingerprint density at radius 1 is 1.14 bits per heavy atom. The summed E-state index contributed by atoms with van der Waals surface area (Å²) in [5, 5.41) is 9.18. The van der Waals surface area contributed by atoms with Gasteiger partial charge in [-0.15, -0.1) is 0 Å². The number of nitrogens with zero attached hydrogens (tertiary/aromatic N) is 1. The summed E-state index contributed by atoms with van der Waals surface area (Å²) in [7, 11) is 0. The Balaban J connectivity index is 1.60. The van der Waals surface area contributed by atoms with Crippen LogP contribution in [0.5, 0.6) is 0 Å². The fraction of sp³-hybridized carbons (Fsp3) is 0.318. The minimum atomic E-state index is -0.755. The van der Waals surface area contributed by atoms with Gasteiger partial charge < -0.3 is 10.0 Å². The lowest BCUT2D eigenvalue weighted by Crippen LogP contribution is -2.40. The Bertz CT molecular complexity index is 838. The molecule has 29 heavy (non-hydrogen) atoms. The zero-order valence-corrected chi connectivity index (χ0v) is 16.0. The van der Waals surface area contributed by atoms with E-state index in [9.17, 15) is 18.7 Å². The number of hydrogen-bond acceptors (Lipinski definition) is 4. The second kappa shape index (κ2) is 10.1. The molecule has 2 aromatic rings. The van der Waals surface area contributed by atoms with Crippen LogP contribution in [0.15, 0.2) is 48.5 Å². The van der Waals surface area contributed by atoms with Crippen molar-refractivity contribution in [2.45, 2.75) is 12.8 Å². The number of nitrogens with one attached hydrogen (secondary N) is 1. The fourth-order valence-corrected chi connectivity index (χ4v) is 3.29. The maximum atomic E-state index is 13.3. The summed E-state index contributed by atoms with van der Waals surface area (Å²) in [4.78, 5) is 18.8. The second-order valence-electron chi connectivity index (χ2n) is 7.04. The van der Waals surface area contributed by atoms with Gasteiger partial charge in [-0.05, 0) is 67.4 Å². The molecule has 0 spiro atoms. The standard InChI is InChI=1S/C22H24F2N2O3/c23-19-7-3-16(4-8-19)14-21(17-5-9-20(24)10-6-17)25-29-13-12-26-11-1-2-18(15-26)22(27)28/h3-10,14,18,25H,1-2,11-13,15H2,(H,27,28)/t18-/m1/s1. The van der Waals surface area contributed by atoms with Crippen LogP contribution < -0.4 is 5.48 Å². The number of piperidine rings is 1. The van der Waals surface area contributed by atoms with E-state index in [1.54, 1.807) is 30.3 Å². The zero-order valence-electron chi connectivity index (χ0n) is 16.0. The average molecular weight is 402 g/mol. The topological polar surface area (TPSA) is 61.8 Å². The molecular weight excluding hydrogens is 378 g/mol. The number of carbonyl (C=O) groups is 1. The van der Waals surface area contributed by atoms with Gasteiger partial charge in [-0.1, -0.05) is 12.1 Å². The summed E-state index contributed by atoms with van der Waals surface area (Å²) >= 11 is 0. The van der Waals surface area contributed by atoms with E-state index in [0.717, 1.165) is 24.1 Å². The molecule has 3 rings (SSSR count). The maximum absolute atomic E-state index is 13.3. The van der Waals surface area contributed by atoms with Crippen molar-refractivity contribution >= 4 is 17.7 Å². The lowest BCUT2D eigenvalue weighted by atomic mass is 9.98. The van der Waals surface area contributed by atoms with Gasteiger partial charge in [0.2, 0.25) is 0 Å². The van der Waals surface area contributed by atoms with E-state index < -0.39 is 5.97 Å². The smallest absolute Gasteiger partial charge is 0.307 e. The number of carboxylic acids is 1. The van der Waals surface area contributed by atoms with E-state index in [1.807, 2.05) is 0 Å². The first kappa shape index (κ1) is 21.0. The summed E-state index contributed by atoms with van der Waals surface area (Å²) in [6.07, 6.45) is 3.35. The number of rotatable bonds is 8. The molecule has 0 saturated carbocycles. The van der Waals surface area contributed by atoms with E-state index >= 15 is 0 Å². The molecule has 0 aliphatic carbocycles. The van der Waals surface area contributed by atoms with Crippen LogP contribution in [0, 0.1) is 17.6 Å². The van der Waals surface area contributed by atoms with E-state index in [1.165, 1.54) is 24.3 Å². The van der Waals surface area contributed by atoms with Gasteiger partial charge in [0.25, 0.3) is 0 Å². The van der Waals surface area contributed by atoms with E-state index in [-0.39, 0.29) is 17.6 Å². The Hall–Kier alpha value is -2.77. The van der Waals surface area contributed by atoms with Gasteiger partial charge in [0.05, 0.1) is 18.2 Å². The molecule has 0 radical (unpaired) electrons.